The second kappa shape index (κ2) is 7.07. The molecular weight excluding hydrogens is 266 g/mol. The van der Waals surface area contributed by atoms with Crippen LogP contribution < -0.4 is 5.32 Å². The number of rotatable bonds is 3. The molecule has 3 atom stereocenters. The zero-order valence-corrected chi connectivity index (χ0v) is 13.2. The van der Waals surface area contributed by atoms with Crippen molar-refractivity contribution in [3.8, 4) is 0 Å². The summed E-state index contributed by atoms with van der Waals surface area (Å²) in [4.78, 5) is 17.2. The highest BCUT2D eigenvalue weighted by Gasteiger charge is 2.37. The van der Waals surface area contributed by atoms with Gasteiger partial charge >= 0.3 is 0 Å². The zero-order valence-electron chi connectivity index (χ0n) is 13.2. The van der Waals surface area contributed by atoms with Gasteiger partial charge in [-0.2, -0.15) is 0 Å². The molecule has 0 aromatic carbocycles. The summed E-state index contributed by atoms with van der Waals surface area (Å²) in [5.74, 6) is 0.295. The Kier molecular flexibility index (Phi) is 5.14. The highest BCUT2D eigenvalue weighted by Crippen LogP contribution is 2.26. The summed E-state index contributed by atoms with van der Waals surface area (Å²) in [5, 5.41) is 3.64. The summed E-state index contributed by atoms with van der Waals surface area (Å²) in [6, 6.07) is 1.14. The Morgan fingerprint density at radius 1 is 1.14 bits per heavy atom. The van der Waals surface area contributed by atoms with Gasteiger partial charge < -0.3 is 15.0 Å². The molecule has 3 heterocycles. The van der Waals surface area contributed by atoms with Crippen LogP contribution in [0, 0.1) is 0 Å². The lowest BCUT2D eigenvalue weighted by atomic mass is 9.93. The van der Waals surface area contributed by atoms with Crippen LogP contribution in [-0.2, 0) is 9.53 Å². The average molecular weight is 295 g/mol. The van der Waals surface area contributed by atoms with Gasteiger partial charge in [-0.1, -0.05) is 6.42 Å². The summed E-state index contributed by atoms with van der Waals surface area (Å²) < 4.78 is 5.36. The van der Waals surface area contributed by atoms with Gasteiger partial charge in [0.15, 0.2) is 0 Å². The monoisotopic (exact) mass is 295 g/mol. The van der Waals surface area contributed by atoms with E-state index in [0.717, 1.165) is 26.2 Å². The van der Waals surface area contributed by atoms with Gasteiger partial charge in [0.25, 0.3) is 0 Å². The molecule has 3 aliphatic rings. The number of nitrogens with one attached hydrogen (secondary N) is 1. The number of amides is 1. The molecule has 0 bridgehead atoms. The predicted octanol–water partition coefficient (Wildman–Crippen LogP) is 0.840. The van der Waals surface area contributed by atoms with Crippen LogP contribution in [0.1, 0.15) is 39.0 Å². The second-order valence-corrected chi connectivity index (χ2v) is 6.62. The number of ether oxygens (including phenoxy) is 1. The van der Waals surface area contributed by atoms with Crippen LogP contribution in [0.3, 0.4) is 0 Å². The molecule has 0 aromatic heterocycles. The van der Waals surface area contributed by atoms with Crippen molar-refractivity contribution < 1.29 is 9.53 Å². The van der Waals surface area contributed by atoms with Gasteiger partial charge in [0.05, 0.1) is 19.3 Å². The maximum absolute atomic E-state index is 12.8. The Hall–Kier alpha value is -0.650. The van der Waals surface area contributed by atoms with E-state index in [2.05, 4.69) is 17.1 Å². The van der Waals surface area contributed by atoms with Crippen LogP contribution in [0.25, 0.3) is 0 Å². The normalized spacial score (nSPS) is 33.1. The molecule has 0 radical (unpaired) electrons. The Bertz CT molecular complexity index is 351. The number of likely N-dealkylation sites (tertiary alicyclic amines) is 1. The fourth-order valence-corrected chi connectivity index (χ4v) is 4.12. The predicted molar refractivity (Wildman–Crippen MR) is 82.2 cm³/mol. The SMILES string of the molecule is CC(C(=O)N1CCOCC1)N1CCCCC1C1CCCN1. The minimum absolute atomic E-state index is 0.01000. The summed E-state index contributed by atoms with van der Waals surface area (Å²) in [6.45, 7) is 7.19. The number of hydrogen-bond acceptors (Lipinski definition) is 4. The van der Waals surface area contributed by atoms with E-state index in [1.807, 2.05) is 4.90 Å². The average Bonchev–Trinajstić information content (AvgIpc) is 3.08. The van der Waals surface area contributed by atoms with Crippen LogP contribution in [-0.4, -0.2) is 73.2 Å². The second-order valence-electron chi connectivity index (χ2n) is 6.62. The van der Waals surface area contributed by atoms with E-state index < -0.39 is 0 Å². The largest absolute Gasteiger partial charge is 0.378 e. The molecule has 3 saturated heterocycles. The van der Waals surface area contributed by atoms with Gasteiger partial charge in [-0.25, -0.2) is 0 Å². The Balaban J connectivity index is 1.65. The molecule has 5 heteroatoms. The molecule has 0 spiro atoms. The Morgan fingerprint density at radius 2 is 1.95 bits per heavy atom. The van der Waals surface area contributed by atoms with E-state index in [4.69, 9.17) is 4.74 Å². The van der Waals surface area contributed by atoms with Crippen LogP contribution in [0.15, 0.2) is 0 Å². The van der Waals surface area contributed by atoms with E-state index in [1.165, 1.54) is 32.1 Å². The van der Waals surface area contributed by atoms with Crippen LogP contribution in [0.2, 0.25) is 0 Å². The van der Waals surface area contributed by atoms with Crippen LogP contribution in [0.4, 0.5) is 0 Å². The van der Waals surface area contributed by atoms with Crippen molar-refractivity contribution in [2.75, 3.05) is 39.4 Å². The molecule has 0 saturated carbocycles. The highest BCUT2D eigenvalue weighted by molar-refractivity contribution is 5.81. The molecule has 5 nitrogen and oxygen atoms in total. The summed E-state index contributed by atoms with van der Waals surface area (Å²) >= 11 is 0. The molecule has 120 valence electrons. The number of carbonyl (C=O) groups is 1. The fraction of sp³-hybridized carbons (Fsp3) is 0.938. The molecule has 0 aliphatic carbocycles. The number of nitrogens with zero attached hydrogens (tertiary/aromatic N) is 2. The van der Waals surface area contributed by atoms with Crippen molar-refractivity contribution in [2.45, 2.75) is 57.2 Å². The summed E-state index contributed by atoms with van der Waals surface area (Å²) in [6.07, 6.45) is 6.31. The lowest BCUT2D eigenvalue weighted by molar-refractivity contribution is -0.142. The van der Waals surface area contributed by atoms with Gasteiger partial charge in [0, 0.05) is 25.2 Å². The van der Waals surface area contributed by atoms with Crippen molar-refractivity contribution >= 4 is 5.91 Å². The van der Waals surface area contributed by atoms with Crippen LogP contribution >= 0.6 is 0 Å². The summed E-state index contributed by atoms with van der Waals surface area (Å²) in [5.41, 5.74) is 0. The van der Waals surface area contributed by atoms with Gasteiger partial charge in [-0.15, -0.1) is 0 Å². The maximum atomic E-state index is 12.8. The Labute approximate surface area is 128 Å². The van der Waals surface area contributed by atoms with E-state index in [9.17, 15) is 4.79 Å². The van der Waals surface area contributed by atoms with Crippen molar-refractivity contribution in [1.82, 2.24) is 15.1 Å². The molecule has 3 fully saturated rings. The van der Waals surface area contributed by atoms with Crippen LogP contribution in [0.5, 0.6) is 0 Å². The lowest BCUT2D eigenvalue weighted by Gasteiger charge is -2.43. The smallest absolute Gasteiger partial charge is 0.239 e. The van der Waals surface area contributed by atoms with Crippen molar-refractivity contribution in [2.24, 2.45) is 0 Å². The molecule has 1 amide bonds. The van der Waals surface area contributed by atoms with E-state index in [-0.39, 0.29) is 6.04 Å². The first-order valence-corrected chi connectivity index (χ1v) is 8.63. The van der Waals surface area contributed by atoms with E-state index in [1.54, 1.807) is 0 Å². The molecule has 1 N–H and O–H groups in total. The fourth-order valence-electron chi connectivity index (χ4n) is 4.12. The molecule has 0 aromatic rings. The minimum atomic E-state index is 0.01000. The molecule has 21 heavy (non-hydrogen) atoms. The first kappa shape index (κ1) is 15.3. The number of piperidine rings is 1. The van der Waals surface area contributed by atoms with Crippen molar-refractivity contribution in [1.29, 1.82) is 0 Å². The first-order chi connectivity index (χ1) is 10.3. The number of hydrogen-bond donors (Lipinski definition) is 1. The number of carbonyl (C=O) groups excluding carboxylic acids is 1. The minimum Gasteiger partial charge on any atom is -0.378 e. The van der Waals surface area contributed by atoms with E-state index >= 15 is 0 Å². The van der Waals surface area contributed by atoms with E-state index in [0.29, 0.717) is 31.2 Å². The third kappa shape index (κ3) is 3.41. The third-order valence-electron chi connectivity index (χ3n) is 5.33. The lowest BCUT2D eigenvalue weighted by Crippen LogP contribution is -2.58. The molecule has 3 unspecified atom stereocenters. The van der Waals surface area contributed by atoms with Gasteiger partial charge in [-0.05, 0) is 45.7 Å². The molecule has 3 rings (SSSR count). The zero-order chi connectivity index (χ0) is 14.7. The topological polar surface area (TPSA) is 44.8 Å². The molecular formula is C16H29N3O2. The van der Waals surface area contributed by atoms with Gasteiger partial charge in [0.1, 0.15) is 0 Å². The highest BCUT2D eigenvalue weighted by atomic mass is 16.5. The summed E-state index contributed by atoms with van der Waals surface area (Å²) in [7, 11) is 0. The van der Waals surface area contributed by atoms with Crippen molar-refractivity contribution in [3.63, 3.8) is 0 Å². The van der Waals surface area contributed by atoms with Gasteiger partial charge in [0.2, 0.25) is 5.91 Å². The van der Waals surface area contributed by atoms with Gasteiger partial charge in [-0.3, -0.25) is 9.69 Å². The quantitative estimate of drug-likeness (QED) is 0.838. The first-order valence-electron chi connectivity index (χ1n) is 8.63. The standard InChI is InChI=1S/C16H29N3O2/c1-13(16(20)18-9-11-21-12-10-18)19-8-3-2-6-15(19)14-5-4-7-17-14/h13-15,17H,2-12H2,1H3. The number of morpholine rings is 1. The Morgan fingerprint density at radius 3 is 2.67 bits per heavy atom. The molecule has 3 aliphatic heterocycles. The van der Waals surface area contributed by atoms with Crippen molar-refractivity contribution in [3.05, 3.63) is 0 Å². The third-order valence-corrected chi connectivity index (χ3v) is 5.33. The maximum Gasteiger partial charge on any atom is 0.239 e.